The molecular weight excluding hydrogens is 176 g/mol. The molecule has 1 aromatic rings. The van der Waals surface area contributed by atoms with Crippen molar-refractivity contribution in [2.24, 2.45) is 5.92 Å². The standard InChI is InChI=1S/C8H9ClN2O/c9-8-10-4-3-7(11-8)12-5-6-1-2-6/h3-4,6H,1-2,5H2. The van der Waals surface area contributed by atoms with Crippen molar-refractivity contribution in [2.75, 3.05) is 6.61 Å². The minimum absolute atomic E-state index is 0.239. The summed E-state index contributed by atoms with van der Waals surface area (Å²) in [5.74, 6) is 1.31. The molecule has 0 atom stereocenters. The molecule has 1 heterocycles. The molecule has 12 heavy (non-hydrogen) atoms. The van der Waals surface area contributed by atoms with Crippen molar-refractivity contribution in [3.63, 3.8) is 0 Å². The first kappa shape index (κ1) is 7.80. The summed E-state index contributed by atoms with van der Waals surface area (Å²) in [6.45, 7) is 0.757. The summed E-state index contributed by atoms with van der Waals surface area (Å²) in [5, 5.41) is 0.239. The normalized spacial score (nSPS) is 16.1. The smallest absolute Gasteiger partial charge is 0.225 e. The van der Waals surface area contributed by atoms with E-state index in [-0.39, 0.29) is 5.28 Å². The Hall–Kier alpha value is -0.830. The number of ether oxygens (including phenoxy) is 1. The highest BCUT2D eigenvalue weighted by Gasteiger charge is 2.22. The average molecular weight is 185 g/mol. The number of hydrogen-bond donors (Lipinski definition) is 0. The van der Waals surface area contributed by atoms with Crippen molar-refractivity contribution >= 4 is 11.6 Å². The lowest BCUT2D eigenvalue weighted by molar-refractivity contribution is 0.288. The largest absolute Gasteiger partial charge is 0.477 e. The Balaban J connectivity index is 1.92. The summed E-state index contributed by atoms with van der Waals surface area (Å²) in [6.07, 6.45) is 4.15. The highest BCUT2D eigenvalue weighted by Crippen LogP contribution is 2.29. The first-order valence-electron chi connectivity index (χ1n) is 3.96. The van der Waals surface area contributed by atoms with Crippen LogP contribution in [0.15, 0.2) is 12.3 Å². The molecule has 0 saturated heterocycles. The van der Waals surface area contributed by atoms with E-state index in [9.17, 15) is 0 Å². The van der Waals surface area contributed by atoms with Gasteiger partial charge in [0.05, 0.1) is 6.61 Å². The van der Waals surface area contributed by atoms with E-state index in [1.807, 2.05) is 0 Å². The zero-order valence-electron chi connectivity index (χ0n) is 6.53. The van der Waals surface area contributed by atoms with Crippen molar-refractivity contribution in [3.05, 3.63) is 17.5 Å². The van der Waals surface area contributed by atoms with Gasteiger partial charge in [-0.3, -0.25) is 0 Å². The second-order valence-corrected chi connectivity index (χ2v) is 3.26. The molecule has 1 aromatic heterocycles. The van der Waals surface area contributed by atoms with Crippen LogP contribution in [-0.2, 0) is 0 Å². The van der Waals surface area contributed by atoms with E-state index in [1.54, 1.807) is 12.3 Å². The number of aromatic nitrogens is 2. The Morgan fingerprint density at radius 1 is 1.58 bits per heavy atom. The van der Waals surface area contributed by atoms with E-state index in [0.29, 0.717) is 5.88 Å². The van der Waals surface area contributed by atoms with Gasteiger partial charge in [-0.05, 0) is 30.4 Å². The summed E-state index contributed by atoms with van der Waals surface area (Å²) in [5.41, 5.74) is 0. The van der Waals surface area contributed by atoms with Gasteiger partial charge >= 0.3 is 0 Å². The fourth-order valence-corrected chi connectivity index (χ4v) is 1.03. The van der Waals surface area contributed by atoms with Crippen molar-refractivity contribution < 1.29 is 4.74 Å². The Kier molecular flexibility index (Phi) is 2.13. The van der Waals surface area contributed by atoms with Crippen LogP contribution < -0.4 is 4.74 Å². The van der Waals surface area contributed by atoms with Crippen LogP contribution in [0.25, 0.3) is 0 Å². The molecule has 0 radical (unpaired) electrons. The van der Waals surface area contributed by atoms with Crippen molar-refractivity contribution in [2.45, 2.75) is 12.8 Å². The van der Waals surface area contributed by atoms with E-state index in [2.05, 4.69) is 9.97 Å². The predicted octanol–water partition coefficient (Wildman–Crippen LogP) is 1.92. The summed E-state index contributed by atoms with van der Waals surface area (Å²) < 4.78 is 5.38. The summed E-state index contributed by atoms with van der Waals surface area (Å²) in [4.78, 5) is 7.66. The summed E-state index contributed by atoms with van der Waals surface area (Å²) in [6, 6.07) is 1.72. The van der Waals surface area contributed by atoms with E-state index in [1.165, 1.54) is 12.8 Å². The molecule has 1 aliphatic rings. The highest BCUT2D eigenvalue weighted by molar-refractivity contribution is 6.28. The second kappa shape index (κ2) is 3.27. The first-order chi connectivity index (χ1) is 5.84. The second-order valence-electron chi connectivity index (χ2n) is 2.92. The number of rotatable bonds is 3. The molecule has 1 saturated carbocycles. The van der Waals surface area contributed by atoms with Gasteiger partial charge in [-0.2, -0.15) is 4.98 Å². The Bertz CT molecular complexity index is 276. The summed E-state index contributed by atoms with van der Waals surface area (Å²) in [7, 11) is 0. The lowest BCUT2D eigenvalue weighted by Gasteiger charge is -2.02. The van der Waals surface area contributed by atoms with Gasteiger partial charge in [0.2, 0.25) is 11.2 Å². The molecule has 4 heteroatoms. The van der Waals surface area contributed by atoms with Crippen molar-refractivity contribution in [1.82, 2.24) is 9.97 Å². The molecule has 0 aliphatic heterocycles. The van der Waals surface area contributed by atoms with Crippen LogP contribution in [0.5, 0.6) is 5.88 Å². The molecule has 64 valence electrons. The minimum Gasteiger partial charge on any atom is -0.477 e. The van der Waals surface area contributed by atoms with Gasteiger partial charge in [0.15, 0.2) is 0 Å². The molecule has 2 rings (SSSR count). The van der Waals surface area contributed by atoms with Crippen molar-refractivity contribution in [3.8, 4) is 5.88 Å². The highest BCUT2D eigenvalue weighted by atomic mass is 35.5. The third-order valence-corrected chi connectivity index (χ3v) is 1.95. The van der Waals surface area contributed by atoms with Crippen LogP contribution in [0, 0.1) is 5.92 Å². The van der Waals surface area contributed by atoms with Gasteiger partial charge in [-0.1, -0.05) is 0 Å². The van der Waals surface area contributed by atoms with E-state index in [4.69, 9.17) is 16.3 Å². The van der Waals surface area contributed by atoms with Crippen LogP contribution in [0.1, 0.15) is 12.8 Å². The topological polar surface area (TPSA) is 35.0 Å². The molecule has 1 fully saturated rings. The molecule has 0 amide bonds. The number of halogens is 1. The lowest BCUT2D eigenvalue weighted by atomic mass is 10.5. The average Bonchev–Trinajstić information content (AvgIpc) is 2.84. The van der Waals surface area contributed by atoms with Gasteiger partial charge in [-0.15, -0.1) is 0 Å². The van der Waals surface area contributed by atoms with Gasteiger partial charge in [-0.25, -0.2) is 4.98 Å². The summed E-state index contributed by atoms with van der Waals surface area (Å²) >= 11 is 5.57. The zero-order valence-corrected chi connectivity index (χ0v) is 7.29. The SMILES string of the molecule is Clc1nccc(OCC2CC2)n1. The molecule has 0 unspecified atom stereocenters. The zero-order chi connectivity index (χ0) is 8.39. The molecule has 1 aliphatic carbocycles. The molecule has 0 N–H and O–H groups in total. The lowest BCUT2D eigenvalue weighted by Crippen LogP contribution is -2.00. The van der Waals surface area contributed by atoms with Crippen LogP contribution in [0.3, 0.4) is 0 Å². The third-order valence-electron chi connectivity index (χ3n) is 1.76. The van der Waals surface area contributed by atoms with Gasteiger partial charge in [0, 0.05) is 12.3 Å². The number of nitrogens with zero attached hydrogens (tertiary/aromatic N) is 2. The first-order valence-corrected chi connectivity index (χ1v) is 4.34. The van der Waals surface area contributed by atoms with E-state index >= 15 is 0 Å². The maximum atomic E-state index is 5.57. The third kappa shape index (κ3) is 2.08. The molecule has 0 aromatic carbocycles. The van der Waals surface area contributed by atoms with E-state index < -0.39 is 0 Å². The maximum Gasteiger partial charge on any atom is 0.225 e. The van der Waals surface area contributed by atoms with Gasteiger partial charge < -0.3 is 4.74 Å². The minimum atomic E-state index is 0.239. The quantitative estimate of drug-likeness (QED) is 0.674. The Labute approximate surface area is 75.7 Å². The van der Waals surface area contributed by atoms with Crippen LogP contribution in [-0.4, -0.2) is 16.6 Å². The monoisotopic (exact) mass is 184 g/mol. The van der Waals surface area contributed by atoms with Crippen LogP contribution in [0.2, 0.25) is 5.28 Å². The predicted molar refractivity (Wildman–Crippen MR) is 45.3 cm³/mol. The molecule has 0 bridgehead atoms. The fourth-order valence-electron chi connectivity index (χ4n) is 0.888. The van der Waals surface area contributed by atoms with Crippen LogP contribution >= 0.6 is 11.6 Å². The fraction of sp³-hybridized carbons (Fsp3) is 0.500. The number of hydrogen-bond acceptors (Lipinski definition) is 3. The maximum absolute atomic E-state index is 5.57. The molecule has 0 spiro atoms. The van der Waals surface area contributed by atoms with Gasteiger partial charge in [0.1, 0.15) is 0 Å². The molecular formula is C8H9ClN2O. The van der Waals surface area contributed by atoms with Crippen molar-refractivity contribution in [1.29, 1.82) is 0 Å². The van der Waals surface area contributed by atoms with Gasteiger partial charge in [0.25, 0.3) is 0 Å². The van der Waals surface area contributed by atoms with E-state index in [0.717, 1.165) is 12.5 Å². The Morgan fingerprint density at radius 2 is 2.42 bits per heavy atom. The van der Waals surface area contributed by atoms with Crippen LogP contribution in [0.4, 0.5) is 0 Å². The Morgan fingerprint density at radius 3 is 3.08 bits per heavy atom. The molecule has 3 nitrogen and oxygen atoms in total.